The zero-order chi connectivity index (χ0) is 29.4. The molecule has 40 heavy (non-hydrogen) atoms. The number of nitrogens with zero attached hydrogens (tertiary/aromatic N) is 1. The molecule has 2 atom stereocenters. The van der Waals surface area contributed by atoms with Crippen LogP contribution in [0.25, 0.3) is 0 Å². The van der Waals surface area contributed by atoms with Gasteiger partial charge in [-0.1, -0.05) is 56.0 Å². The fourth-order valence-electron chi connectivity index (χ4n) is 4.95. The Balaban J connectivity index is 2.00. The predicted octanol–water partition coefficient (Wildman–Crippen LogP) is 5.05. The van der Waals surface area contributed by atoms with Crippen LogP contribution in [0.5, 0.6) is 5.75 Å². The molecule has 1 fully saturated rings. The first-order chi connectivity index (χ1) is 18.9. The van der Waals surface area contributed by atoms with E-state index in [2.05, 4.69) is 16.7 Å². The molecule has 2 aromatic rings. The molecule has 0 aliphatic heterocycles. The van der Waals surface area contributed by atoms with Crippen molar-refractivity contribution >= 4 is 17.9 Å². The molecule has 8 nitrogen and oxygen atoms in total. The zero-order valence-electron chi connectivity index (χ0n) is 24.1. The molecule has 3 amide bonds. The van der Waals surface area contributed by atoms with Gasteiger partial charge >= 0.3 is 6.09 Å². The Morgan fingerprint density at radius 3 is 2.33 bits per heavy atom. The molecule has 214 valence electrons. The number of rotatable bonds is 8. The first-order valence-corrected chi connectivity index (χ1v) is 13.8. The highest BCUT2D eigenvalue weighted by molar-refractivity contribution is 5.93. The standard InChI is InChI=1S/C32H41N3O5/c1-7-35(28(26-15-11-12-21(2)22(26)3)29(37)33-24-13-9-8-10-14-24)30(38)27(34-31(39)40-32(4,5)6)20-23-16-18-25(36)19-17-23/h1,11-12,15-19,24,27-28,36H,8-10,13-14,20H2,2-6H3,(H,33,37)(H,34,39). The number of hydrogen-bond donors (Lipinski definition) is 3. The van der Waals surface area contributed by atoms with Crippen LogP contribution in [0.2, 0.25) is 0 Å². The van der Waals surface area contributed by atoms with Crippen LogP contribution in [-0.2, 0) is 20.7 Å². The van der Waals surface area contributed by atoms with Crippen LogP contribution in [0, 0.1) is 26.3 Å². The number of ether oxygens (including phenoxy) is 1. The number of aromatic hydroxyl groups is 1. The van der Waals surface area contributed by atoms with Crippen LogP contribution < -0.4 is 10.6 Å². The van der Waals surface area contributed by atoms with Gasteiger partial charge in [0.15, 0.2) is 0 Å². The Labute approximate surface area is 237 Å². The quantitative estimate of drug-likeness (QED) is 0.317. The Morgan fingerprint density at radius 2 is 1.73 bits per heavy atom. The van der Waals surface area contributed by atoms with Crippen molar-refractivity contribution < 1.29 is 24.2 Å². The maximum absolute atomic E-state index is 14.1. The molecule has 2 aromatic carbocycles. The summed E-state index contributed by atoms with van der Waals surface area (Å²) in [6, 6.07) is 12.1. The summed E-state index contributed by atoms with van der Waals surface area (Å²) in [4.78, 5) is 41.9. The van der Waals surface area contributed by atoms with Crippen molar-refractivity contribution in [3.8, 4) is 18.2 Å². The fourth-order valence-corrected chi connectivity index (χ4v) is 4.95. The average Bonchev–Trinajstić information content (AvgIpc) is 2.89. The first kappa shape index (κ1) is 30.6. The monoisotopic (exact) mass is 547 g/mol. The van der Waals surface area contributed by atoms with Crippen LogP contribution in [0.1, 0.15) is 81.2 Å². The highest BCUT2D eigenvalue weighted by atomic mass is 16.6. The smallest absolute Gasteiger partial charge is 0.408 e. The van der Waals surface area contributed by atoms with E-state index in [0.29, 0.717) is 11.1 Å². The molecule has 3 rings (SSSR count). The Hall–Kier alpha value is -3.99. The molecule has 0 spiro atoms. The van der Waals surface area contributed by atoms with Crippen LogP contribution in [0.3, 0.4) is 0 Å². The van der Waals surface area contributed by atoms with E-state index in [0.717, 1.165) is 48.1 Å². The molecule has 2 unspecified atom stereocenters. The Bertz CT molecular complexity index is 1240. The van der Waals surface area contributed by atoms with Gasteiger partial charge in [0.25, 0.3) is 5.91 Å². The number of benzene rings is 2. The number of phenolic OH excluding ortho intramolecular Hbond substituents is 1. The van der Waals surface area contributed by atoms with E-state index in [-0.39, 0.29) is 24.1 Å². The lowest BCUT2D eigenvalue weighted by Crippen LogP contribution is -2.53. The molecule has 0 bridgehead atoms. The van der Waals surface area contributed by atoms with Crippen molar-refractivity contribution in [3.05, 3.63) is 64.7 Å². The number of hydrogen-bond acceptors (Lipinski definition) is 5. The summed E-state index contributed by atoms with van der Waals surface area (Å²) < 4.78 is 5.42. The average molecular weight is 548 g/mol. The number of nitrogens with one attached hydrogen (secondary N) is 2. The van der Waals surface area contributed by atoms with Gasteiger partial charge in [-0.3, -0.25) is 14.5 Å². The second kappa shape index (κ2) is 13.4. The van der Waals surface area contributed by atoms with E-state index in [1.807, 2.05) is 26.0 Å². The van der Waals surface area contributed by atoms with E-state index >= 15 is 0 Å². The number of carbonyl (C=O) groups excluding carboxylic acids is 3. The third-order valence-electron chi connectivity index (χ3n) is 7.14. The summed E-state index contributed by atoms with van der Waals surface area (Å²) in [5.41, 5.74) is 2.34. The van der Waals surface area contributed by atoms with Crippen molar-refractivity contribution in [2.45, 2.75) is 96.9 Å². The summed E-state index contributed by atoms with van der Waals surface area (Å²) in [5.74, 6) is -0.898. The van der Waals surface area contributed by atoms with Crippen LogP contribution in [0.15, 0.2) is 42.5 Å². The van der Waals surface area contributed by atoms with E-state index in [4.69, 9.17) is 11.2 Å². The predicted molar refractivity (Wildman–Crippen MR) is 154 cm³/mol. The van der Waals surface area contributed by atoms with Crippen LogP contribution >= 0.6 is 0 Å². The van der Waals surface area contributed by atoms with Crippen molar-refractivity contribution in [1.82, 2.24) is 15.5 Å². The second-order valence-electron chi connectivity index (χ2n) is 11.4. The van der Waals surface area contributed by atoms with Gasteiger partial charge < -0.3 is 20.5 Å². The number of aryl methyl sites for hydroxylation is 1. The van der Waals surface area contributed by atoms with Crippen molar-refractivity contribution in [3.63, 3.8) is 0 Å². The third kappa shape index (κ3) is 8.25. The molecular formula is C32H41N3O5. The van der Waals surface area contributed by atoms with Gasteiger partial charge in [0.1, 0.15) is 23.4 Å². The summed E-state index contributed by atoms with van der Waals surface area (Å²) in [6.07, 6.45) is 10.2. The topological polar surface area (TPSA) is 108 Å². The zero-order valence-corrected chi connectivity index (χ0v) is 24.1. The van der Waals surface area contributed by atoms with Gasteiger partial charge in [-0.05, 0) is 81.8 Å². The van der Waals surface area contributed by atoms with Crippen molar-refractivity contribution in [2.24, 2.45) is 0 Å². The molecule has 1 saturated carbocycles. The van der Waals surface area contributed by atoms with Crippen LogP contribution in [0.4, 0.5) is 4.79 Å². The number of phenols is 1. The summed E-state index contributed by atoms with van der Waals surface area (Å²) in [7, 11) is 0. The van der Waals surface area contributed by atoms with Crippen molar-refractivity contribution in [2.75, 3.05) is 0 Å². The lowest BCUT2D eigenvalue weighted by Gasteiger charge is -2.33. The lowest BCUT2D eigenvalue weighted by atomic mass is 9.92. The molecule has 1 aliphatic carbocycles. The molecule has 0 aromatic heterocycles. The number of amides is 3. The van der Waals surface area contributed by atoms with E-state index in [9.17, 15) is 19.5 Å². The molecule has 3 N–H and O–H groups in total. The third-order valence-corrected chi connectivity index (χ3v) is 7.14. The number of carbonyl (C=O) groups is 3. The largest absolute Gasteiger partial charge is 0.508 e. The number of terminal acetylenes is 1. The van der Waals surface area contributed by atoms with Crippen LogP contribution in [-0.4, -0.2) is 45.6 Å². The SMILES string of the molecule is C#CN(C(=O)C(Cc1ccc(O)cc1)NC(=O)OC(C)(C)C)C(C(=O)NC1CCCCC1)c1cccc(C)c1C. The molecule has 0 radical (unpaired) electrons. The minimum Gasteiger partial charge on any atom is -0.508 e. The van der Waals surface area contributed by atoms with Gasteiger partial charge in [-0.15, -0.1) is 0 Å². The van der Waals surface area contributed by atoms with Gasteiger partial charge in [0, 0.05) is 18.5 Å². The molecule has 0 saturated heterocycles. The molecule has 1 aliphatic rings. The Morgan fingerprint density at radius 1 is 1.07 bits per heavy atom. The van der Waals surface area contributed by atoms with E-state index < -0.39 is 29.7 Å². The lowest BCUT2D eigenvalue weighted by molar-refractivity contribution is -0.139. The summed E-state index contributed by atoms with van der Waals surface area (Å²) in [6.45, 7) is 9.02. The Kier molecular flexibility index (Phi) is 10.2. The highest BCUT2D eigenvalue weighted by Gasteiger charge is 2.37. The molecule has 8 heteroatoms. The van der Waals surface area contributed by atoms with E-state index in [1.54, 1.807) is 39.0 Å². The summed E-state index contributed by atoms with van der Waals surface area (Å²) in [5, 5.41) is 15.5. The van der Waals surface area contributed by atoms with Gasteiger partial charge in [0.05, 0.1) is 0 Å². The maximum Gasteiger partial charge on any atom is 0.408 e. The van der Waals surface area contributed by atoms with Crippen molar-refractivity contribution in [1.29, 1.82) is 0 Å². The van der Waals surface area contributed by atoms with Gasteiger partial charge in [-0.25, -0.2) is 4.79 Å². The summed E-state index contributed by atoms with van der Waals surface area (Å²) >= 11 is 0. The normalized spacial score (nSPS) is 15.3. The fraction of sp³-hybridized carbons (Fsp3) is 0.469. The minimum atomic E-state index is -1.13. The molecular weight excluding hydrogens is 506 g/mol. The van der Waals surface area contributed by atoms with Gasteiger partial charge in [0.2, 0.25) is 5.91 Å². The van der Waals surface area contributed by atoms with Gasteiger partial charge in [-0.2, -0.15) is 0 Å². The van der Waals surface area contributed by atoms with E-state index in [1.165, 1.54) is 12.1 Å². The number of alkyl carbamates (subject to hydrolysis) is 1. The molecule has 0 heterocycles. The first-order valence-electron chi connectivity index (χ1n) is 13.8. The second-order valence-corrected chi connectivity index (χ2v) is 11.4. The minimum absolute atomic E-state index is 0.0104. The highest BCUT2D eigenvalue weighted by Crippen LogP contribution is 2.28. The maximum atomic E-state index is 14.1.